The van der Waals surface area contributed by atoms with Crippen LogP contribution < -0.4 is 0 Å². The summed E-state index contributed by atoms with van der Waals surface area (Å²) in [4.78, 5) is 17.3. The van der Waals surface area contributed by atoms with Crippen LogP contribution in [0.4, 0.5) is 0 Å². The number of hydrogen-bond acceptors (Lipinski definition) is 3. The Morgan fingerprint density at radius 3 is 2.82 bits per heavy atom. The molecule has 0 spiro atoms. The van der Waals surface area contributed by atoms with Gasteiger partial charge in [-0.1, -0.05) is 19.3 Å². The minimum absolute atomic E-state index is 0.328. The highest BCUT2D eigenvalue weighted by atomic mass is 32.2. The molecule has 0 N–H and O–H groups in total. The van der Waals surface area contributed by atoms with Crippen LogP contribution in [0.15, 0.2) is 23.4 Å². The normalized spacial score (nSPS) is 17.0. The molecule has 2 nitrogen and oxygen atoms in total. The summed E-state index contributed by atoms with van der Waals surface area (Å²) in [6, 6.07) is 2.09. The molecule has 1 heterocycles. The van der Waals surface area contributed by atoms with Crippen LogP contribution in [0.5, 0.6) is 0 Å². The Hall–Kier alpha value is -0.830. The van der Waals surface area contributed by atoms with E-state index in [2.05, 4.69) is 11.1 Å². The van der Waals surface area contributed by atoms with E-state index in [1.807, 2.05) is 19.3 Å². The highest BCUT2D eigenvalue weighted by Crippen LogP contribution is 2.27. The average molecular weight is 249 g/mol. The minimum Gasteiger partial charge on any atom is -0.298 e. The predicted octanol–water partition coefficient (Wildman–Crippen LogP) is 3.63. The van der Waals surface area contributed by atoms with Crippen molar-refractivity contribution in [1.82, 2.24) is 4.98 Å². The fourth-order valence-corrected chi connectivity index (χ4v) is 3.25. The number of rotatable bonds is 4. The molecule has 2 rings (SSSR count). The molecule has 1 saturated carbocycles. The zero-order chi connectivity index (χ0) is 12.1. The number of carbonyl (C=O) groups excluding carboxylic acids is 1. The number of aromatic nitrogens is 1. The van der Waals surface area contributed by atoms with Gasteiger partial charge in [-0.15, -0.1) is 11.8 Å². The molecule has 0 radical (unpaired) electrons. The van der Waals surface area contributed by atoms with Gasteiger partial charge in [0.25, 0.3) is 0 Å². The van der Waals surface area contributed by atoms with Crippen LogP contribution in [0.25, 0.3) is 0 Å². The lowest BCUT2D eigenvalue weighted by Crippen LogP contribution is -2.19. The molecule has 0 amide bonds. The largest absolute Gasteiger partial charge is 0.298 e. The van der Waals surface area contributed by atoms with Crippen LogP contribution in [-0.4, -0.2) is 16.5 Å². The van der Waals surface area contributed by atoms with Crippen molar-refractivity contribution < 1.29 is 4.79 Å². The minimum atomic E-state index is 0.328. The Bertz CT molecular complexity index is 386. The van der Waals surface area contributed by atoms with Gasteiger partial charge in [-0.2, -0.15) is 0 Å². The van der Waals surface area contributed by atoms with Crippen molar-refractivity contribution in [2.24, 2.45) is 5.92 Å². The molecule has 92 valence electrons. The van der Waals surface area contributed by atoms with Crippen LogP contribution >= 0.6 is 11.8 Å². The van der Waals surface area contributed by atoms with E-state index < -0.39 is 0 Å². The van der Waals surface area contributed by atoms with Crippen LogP contribution in [0.3, 0.4) is 0 Å². The molecule has 1 aromatic rings. The van der Waals surface area contributed by atoms with Crippen molar-refractivity contribution in [3.05, 3.63) is 24.0 Å². The molecule has 1 aromatic heterocycles. The van der Waals surface area contributed by atoms with Crippen molar-refractivity contribution in [1.29, 1.82) is 0 Å². The van der Waals surface area contributed by atoms with E-state index >= 15 is 0 Å². The molecule has 3 heteroatoms. The Morgan fingerprint density at radius 2 is 2.12 bits per heavy atom. The number of ketones is 1. The second-order valence-corrected chi connectivity index (χ2v) is 5.84. The first-order chi connectivity index (χ1) is 8.25. The maximum atomic E-state index is 12.0. The van der Waals surface area contributed by atoms with Crippen molar-refractivity contribution in [3.63, 3.8) is 0 Å². The molecule has 1 fully saturated rings. The molecule has 0 aromatic carbocycles. The Morgan fingerprint density at radius 1 is 1.35 bits per heavy atom. The number of carbonyl (C=O) groups is 1. The van der Waals surface area contributed by atoms with Crippen molar-refractivity contribution in [2.45, 2.75) is 43.9 Å². The molecule has 0 atom stereocenters. The number of Topliss-reactive ketones (excluding diaryl/α,β-unsaturated/α-hetero) is 1. The van der Waals surface area contributed by atoms with E-state index in [4.69, 9.17) is 0 Å². The summed E-state index contributed by atoms with van der Waals surface area (Å²) in [5, 5.41) is 0. The second-order valence-electron chi connectivity index (χ2n) is 4.79. The zero-order valence-electron chi connectivity index (χ0n) is 10.3. The molecule has 17 heavy (non-hydrogen) atoms. The van der Waals surface area contributed by atoms with Crippen LogP contribution in [0.2, 0.25) is 0 Å². The van der Waals surface area contributed by atoms with Gasteiger partial charge in [0.2, 0.25) is 0 Å². The Balaban J connectivity index is 1.83. The number of nitrogens with zero attached hydrogens (tertiary/aromatic N) is 1. The van der Waals surface area contributed by atoms with E-state index in [9.17, 15) is 4.79 Å². The third-order valence-corrected chi connectivity index (χ3v) is 4.28. The number of pyridine rings is 1. The molecule has 0 unspecified atom stereocenters. The summed E-state index contributed by atoms with van der Waals surface area (Å²) >= 11 is 1.62. The standard InChI is InChI=1S/C14H19NOS/c1-11-7-13(9-15-8-11)17-10-14(16)12-5-3-2-4-6-12/h7-9,12H,2-6,10H2,1H3. The highest BCUT2D eigenvalue weighted by Gasteiger charge is 2.20. The van der Waals surface area contributed by atoms with Crippen LogP contribution in [-0.2, 0) is 4.79 Å². The van der Waals surface area contributed by atoms with Gasteiger partial charge in [0.15, 0.2) is 0 Å². The van der Waals surface area contributed by atoms with Crippen molar-refractivity contribution in [3.8, 4) is 0 Å². The Labute approximate surface area is 107 Å². The summed E-state index contributed by atoms with van der Waals surface area (Å²) in [6.45, 7) is 2.03. The van der Waals surface area contributed by atoms with Gasteiger partial charge in [0.1, 0.15) is 5.78 Å². The molecular weight excluding hydrogens is 230 g/mol. The quantitative estimate of drug-likeness (QED) is 0.763. The lowest BCUT2D eigenvalue weighted by Gasteiger charge is -2.19. The SMILES string of the molecule is Cc1cncc(SCC(=O)C2CCCCC2)c1. The summed E-state index contributed by atoms with van der Waals surface area (Å²) in [7, 11) is 0. The van der Waals surface area contributed by atoms with Gasteiger partial charge in [-0.25, -0.2) is 0 Å². The first-order valence-corrected chi connectivity index (χ1v) is 7.31. The predicted molar refractivity (Wildman–Crippen MR) is 71.3 cm³/mol. The molecule has 1 aliphatic rings. The fourth-order valence-electron chi connectivity index (χ4n) is 2.30. The van der Waals surface area contributed by atoms with Gasteiger partial charge < -0.3 is 0 Å². The highest BCUT2D eigenvalue weighted by molar-refractivity contribution is 8.00. The van der Waals surface area contributed by atoms with E-state index in [1.54, 1.807) is 11.8 Å². The lowest BCUT2D eigenvalue weighted by atomic mass is 9.87. The van der Waals surface area contributed by atoms with Crippen LogP contribution in [0, 0.1) is 12.8 Å². The maximum absolute atomic E-state index is 12.0. The number of thioether (sulfide) groups is 1. The molecule has 0 aliphatic heterocycles. The summed E-state index contributed by atoms with van der Waals surface area (Å²) in [5.41, 5.74) is 1.15. The van der Waals surface area contributed by atoms with Gasteiger partial charge in [-0.3, -0.25) is 9.78 Å². The first-order valence-electron chi connectivity index (χ1n) is 6.33. The molecule has 0 bridgehead atoms. The second kappa shape index (κ2) is 6.20. The topological polar surface area (TPSA) is 30.0 Å². The third kappa shape index (κ3) is 3.84. The van der Waals surface area contributed by atoms with Gasteiger partial charge >= 0.3 is 0 Å². The fraction of sp³-hybridized carbons (Fsp3) is 0.571. The van der Waals surface area contributed by atoms with E-state index in [0.29, 0.717) is 17.5 Å². The van der Waals surface area contributed by atoms with Gasteiger partial charge in [0, 0.05) is 23.2 Å². The molecule has 1 aliphatic carbocycles. The molecule has 0 saturated heterocycles. The zero-order valence-corrected chi connectivity index (χ0v) is 11.1. The monoisotopic (exact) mass is 249 g/mol. The lowest BCUT2D eigenvalue weighted by molar-refractivity contribution is -0.121. The van der Waals surface area contributed by atoms with Crippen molar-refractivity contribution in [2.75, 3.05) is 5.75 Å². The summed E-state index contributed by atoms with van der Waals surface area (Å²) < 4.78 is 0. The summed E-state index contributed by atoms with van der Waals surface area (Å²) in [6.07, 6.45) is 9.65. The first kappa shape index (κ1) is 12.6. The Kier molecular flexibility index (Phi) is 4.60. The van der Waals surface area contributed by atoms with Gasteiger partial charge in [0.05, 0.1) is 5.75 Å². The third-order valence-electron chi connectivity index (χ3n) is 3.29. The number of aryl methyl sites for hydroxylation is 1. The maximum Gasteiger partial charge on any atom is 0.146 e. The smallest absolute Gasteiger partial charge is 0.146 e. The molecular formula is C14H19NOS. The van der Waals surface area contributed by atoms with E-state index in [0.717, 1.165) is 23.3 Å². The average Bonchev–Trinajstić information content (AvgIpc) is 2.37. The van der Waals surface area contributed by atoms with Gasteiger partial charge in [-0.05, 0) is 31.4 Å². The van der Waals surface area contributed by atoms with Crippen LogP contribution in [0.1, 0.15) is 37.7 Å². The number of hydrogen-bond donors (Lipinski definition) is 0. The van der Waals surface area contributed by atoms with Crippen molar-refractivity contribution >= 4 is 17.5 Å². The summed E-state index contributed by atoms with van der Waals surface area (Å²) in [5.74, 6) is 1.36. The van der Waals surface area contributed by atoms with E-state index in [-0.39, 0.29) is 0 Å². The van der Waals surface area contributed by atoms with E-state index in [1.165, 1.54) is 19.3 Å².